The Hall–Kier alpha value is -2.36. The number of carbonyl (C=O) groups excluding carboxylic acids is 1. The van der Waals surface area contributed by atoms with Crippen LogP contribution in [0.15, 0.2) is 48.5 Å². The molecule has 3 nitrogen and oxygen atoms in total. The second kappa shape index (κ2) is 4.96. The van der Waals surface area contributed by atoms with Gasteiger partial charge in [-0.05, 0) is 42.2 Å². The SMILES string of the molecule is O=C(Nc1ccccc1F)C1CC1c1ccc(O)cc1. The highest BCUT2D eigenvalue weighted by atomic mass is 19.1. The lowest BCUT2D eigenvalue weighted by atomic mass is 10.1. The summed E-state index contributed by atoms with van der Waals surface area (Å²) in [6, 6.07) is 13.0. The molecule has 20 heavy (non-hydrogen) atoms. The molecule has 1 aliphatic carbocycles. The van der Waals surface area contributed by atoms with E-state index in [0.717, 1.165) is 12.0 Å². The average Bonchev–Trinajstić information content (AvgIpc) is 3.23. The predicted molar refractivity (Wildman–Crippen MR) is 74.0 cm³/mol. The van der Waals surface area contributed by atoms with Crippen molar-refractivity contribution in [3.05, 3.63) is 59.9 Å². The minimum absolute atomic E-state index is 0.126. The summed E-state index contributed by atoms with van der Waals surface area (Å²) in [7, 11) is 0. The molecule has 3 rings (SSSR count). The van der Waals surface area contributed by atoms with Crippen molar-refractivity contribution in [2.24, 2.45) is 5.92 Å². The molecule has 1 amide bonds. The van der Waals surface area contributed by atoms with Crippen LogP contribution in [0.25, 0.3) is 0 Å². The van der Waals surface area contributed by atoms with Gasteiger partial charge in [0, 0.05) is 5.92 Å². The molecule has 0 aliphatic heterocycles. The number of phenolic OH excluding ortho intramolecular Hbond substituents is 1. The van der Waals surface area contributed by atoms with Crippen molar-refractivity contribution in [3.63, 3.8) is 0 Å². The molecular formula is C16H14FNO2. The standard InChI is InChI=1S/C16H14FNO2/c17-14-3-1-2-4-15(14)18-16(20)13-9-12(13)10-5-7-11(19)8-6-10/h1-8,12-13,19H,9H2,(H,18,20). The molecule has 0 bridgehead atoms. The maximum Gasteiger partial charge on any atom is 0.228 e. The molecule has 0 spiro atoms. The van der Waals surface area contributed by atoms with E-state index in [2.05, 4.69) is 5.32 Å². The monoisotopic (exact) mass is 271 g/mol. The van der Waals surface area contributed by atoms with Crippen molar-refractivity contribution in [3.8, 4) is 5.75 Å². The van der Waals surface area contributed by atoms with Crippen LogP contribution in [0.2, 0.25) is 0 Å². The molecule has 4 heteroatoms. The second-order valence-electron chi connectivity index (χ2n) is 5.01. The molecule has 0 aromatic heterocycles. The quantitative estimate of drug-likeness (QED) is 0.900. The second-order valence-corrected chi connectivity index (χ2v) is 5.01. The first-order valence-electron chi connectivity index (χ1n) is 6.49. The summed E-state index contributed by atoms with van der Waals surface area (Å²) in [4.78, 5) is 12.1. The highest BCUT2D eigenvalue weighted by Gasteiger charge is 2.44. The lowest BCUT2D eigenvalue weighted by Crippen LogP contribution is -2.15. The molecular weight excluding hydrogens is 257 g/mol. The van der Waals surface area contributed by atoms with Gasteiger partial charge in [0.05, 0.1) is 5.69 Å². The van der Waals surface area contributed by atoms with Crippen molar-refractivity contribution in [1.82, 2.24) is 0 Å². The van der Waals surface area contributed by atoms with Crippen molar-refractivity contribution < 1.29 is 14.3 Å². The third kappa shape index (κ3) is 2.50. The maximum atomic E-state index is 13.5. The number of phenols is 1. The number of hydrogen-bond acceptors (Lipinski definition) is 2. The van der Waals surface area contributed by atoms with Crippen LogP contribution in [0.3, 0.4) is 0 Å². The van der Waals surface area contributed by atoms with Gasteiger partial charge in [0.25, 0.3) is 0 Å². The van der Waals surface area contributed by atoms with Gasteiger partial charge < -0.3 is 10.4 Å². The lowest BCUT2D eigenvalue weighted by Gasteiger charge is -2.06. The summed E-state index contributed by atoms with van der Waals surface area (Å²) in [6.45, 7) is 0. The summed E-state index contributed by atoms with van der Waals surface area (Å²) < 4.78 is 13.5. The Balaban J connectivity index is 1.66. The predicted octanol–water partition coefficient (Wildman–Crippen LogP) is 3.27. The zero-order valence-corrected chi connectivity index (χ0v) is 10.7. The van der Waals surface area contributed by atoms with Crippen LogP contribution in [-0.2, 0) is 4.79 Å². The first kappa shape index (κ1) is 12.7. The summed E-state index contributed by atoms with van der Waals surface area (Å²) in [6.07, 6.45) is 0.755. The lowest BCUT2D eigenvalue weighted by molar-refractivity contribution is -0.117. The van der Waals surface area contributed by atoms with Gasteiger partial charge in [0.15, 0.2) is 0 Å². The van der Waals surface area contributed by atoms with Crippen molar-refractivity contribution in [2.75, 3.05) is 5.32 Å². The van der Waals surface area contributed by atoms with E-state index in [-0.39, 0.29) is 29.2 Å². The van der Waals surface area contributed by atoms with Crippen LogP contribution in [0, 0.1) is 11.7 Å². The Morgan fingerprint density at radius 1 is 1.15 bits per heavy atom. The van der Waals surface area contributed by atoms with Gasteiger partial charge in [-0.3, -0.25) is 4.79 Å². The number of carbonyl (C=O) groups is 1. The number of hydrogen-bond donors (Lipinski definition) is 2. The molecule has 102 valence electrons. The molecule has 2 atom stereocenters. The fourth-order valence-electron chi connectivity index (χ4n) is 2.36. The molecule has 2 aromatic rings. The van der Waals surface area contributed by atoms with Crippen molar-refractivity contribution in [2.45, 2.75) is 12.3 Å². The highest BCUT2D eigenvalue weighted by molar-refractivity contribution is 5.95. The molecule has 2 N–H and O–H groups in total. The third-order valence-corrected chi connectivity index (χ3v) is 3.58. The van der Waals surface area contributed by atoms with Gasteiger partial charge in [-0.2, -0.15) is 0 Å². The Labute approximate surface area is 116 Å². The van der Waals surface area contributed by atoms with Gasteiger partial charge >= 0.3 is 0 Å². The van der Waals surface area contributed by atoms with Crippen LogP contribution in [0.5, 0.6) is 5.75 Å². The van der Waals surface area contributed by atoms with E-state index in [9.17, 15) is 14.3 Å². The number of halogens is 1. The Morgan fingerprint density at radius 2 is 1.85 bits per heavy atom. The molecule has 2 aromatic carbocycles. The number of nitrogens with one attached hydrogen (secondary N) is 1. The topological polar surface area (TPSA) is 49.3 Å². The fraction of sp³-hybridized carbons (Fsp3) is 0.188. The number of anilines is 1. The Morgan fingerprint density at radius 3 is 2.55 bits per heavy atom. The van der Waals surface area contributed by atoms with Crippen LogP contribution in [0.1, 0.15) is 17.9 Å². The number of rotatable bonds is 3. The number of para-hydroxylation sites is 1. The van der Waals surface area contributed by atoms with E-state index >= 15 is 0 Å². The van der Waals surface area contributed by atoms with E-state index in [1.54, 1.807) is 30.3 Å². The van der Waals surface area contributed by atoms with Gasteiger partial charge in [-0.1, -0.05) is 24.3 Å². The number of amides is 1. The molecule has 2 unspecified atom stereocenters. The van der Waals surface area contributed by atoms with Crippen molar-refractivity contribution in [1.29, 1.82) is 0 Å². The van der Waals surface area contributed by atoms with E-state index in [4.69, 9.17) is 0 Å². The molecule has 1 aliphatic rings. The van der Waals surface area contributed by atoms with Crippen molar-refractivity contribution >= 4 is 11.6 Å². The zero-order valence-electron chi connectivity index (χ0n) is 10.7. The zero-order chi connectivity index (χ0) is 14.1. The maximum absolute atomic E-state index is 13.5. The van der Waals surface area contributed by atoms with E-state index in [1.165, 1.54) is 6.07 Å². The number of benzene rings is 2. The molecule has 0 heterocycles. The first-order chi connectivity index (χ1) is 9.65. The first-order valence-corrected chi connectivity index (χ1v) is 6.49. The van der Waals surface area contributed by atoms with Gasteiger partial charge in [-0.25, -0.2) is 4.39 Å². The van der Waals surface area contributed by atoms with Crippen LogP contribution < -0.4 is 5.32 Å². The summed E-state index contributed by atoms with van der Waals surface area (Å²) in [5.41, 5.74) is 1.24. The van der Waals surface area contributed by atoms with Crippen LogP contribution >= 0.6 is 0 Å². The Kier molecular flexibility index (Phi) is 3.14. The molecule has 0 radical (unpaired) electrons. The van der Waals surface area contributed by atoms with Gasteiger partial charge in [0.1, 0.15) is 11.6 Å². The largest absolute Gasteiger partial charge is 0.508 e. The third-order valence-electron chi connectivity index (χ3n) is 3.58. The van der Waals surface area contributed by atoms with Gasteiger partial charge in [0.2, 0.25) is 5.91 Å². The Bertz CT molecular complexity index is 639. The fourth-order valence-corrected chi connectivity index (χ4v) is 2.36. The highest BCUT2D eigenvalue weighted by Crippen LogP contribution is 2.48. The normalized spacial score (nSPS) is 20.4. The molecule has 1 fully saturated rings. The molecule has 1 saturated carbocycles. The smallest absolute Gasteiger partial charge is 0.228 e. The van der Waals surface area contributed by atoms with Gasteiger partial charge in [-0.15, -0.1) is 0 Å². The summed E-state index contributed by atoms with van der Waals surface area (Å²) in [5.74, 6) is -0.348. The summed E-state index contributed by atoms with van der Waals surface area (Å²) in [5, 5.41) is 11.9. The molecule has 0 saturated heterocycles. The van der Waals surface area contributed by atoms with E-state index < -0.39 is 5.82 Å². The van der Waals surface area contributed by atoms with E-state index in [0.29, 0.717) is 0 Å². The van der Waals surface area contributed by atoms with Crippen LogP contribution in [0.4, 0.5) is 10.1 Å². The van der Waals surface area contributed by atoms with Crippen LogP contribution in [-0.4, -0.2) is 11.0 Å². The number of aromatic hydroxyl groups is 1. The minimum Gasteiger partial charge on any atom is -0.508 e. The minimum atomic E-state index is -0.428. The van der Waals surface area contributed by atoms with E-state index in [1.807, 2.05) is 12.1 Å². The average molecular weight is 271 g/mol. The summed E-state index contributed by atoms with van der Waals surface area (Å²) >= 11 is 0.